The molecule has 1 aliphatic heterocycles. The van der Waals surface area contributed by atoms with Gasteiger partial charge in [0.2, 0.25) is 5.91 Å². The molecule has 1 fully saturated rings. The second-order valence-corrected chi connectivity index (χ2v) is 6.93. The van der Waals surface area contributed by atoms with Gasteiger partial charge in [0.15, 0.2) is 6.29 Å². The van der Waals surface area contributed by atoms with Crippen LogP contribution >= 0.6 is 7.82 Å². The quantitative estimate of drug-likeness (QED) is 0.162. The molecule has 4 N–H and O–H groups in total. The molecule has 28 heavy (non-hydrogen) atoms. The third kappa shape index (κ3) is 9.20. The van der Waals surface area contributed by atoms with Crippen LogP contribution in [0.25, 0.3) is 0 Å². The van der Waals surface area contributed by atoms with Crippen molar-refractivity contribution in [3.05, 3.63) is 0 Å². The summed E-state index contributed by atoms with van der Waals surface area (Å²) in [7, 11) is -4.00. The van der Waals surface area contributed by atoms with Crippen molar-refractivity contribution in [2.75, 3.05) is 46.8 Å². The molecule has 13 nitrogen and oxygen atoms in total. The maximum Gasteiger partial charge on any atom is 0.222 e. The van der Waals surface area contributed by atoms with Gasteiger partial charge in [0, 0.05) is 13.5 Å². The lowest BCUT2D eigenvalue weighted by Gasteiger charge is -2.45. The lowest BCUT2D eigenvalue weighted by molar-refractivity contribution is -0.362. The summed E-state index contributed by atoms with van der Waals surface area (Å²) >= 11 is 0. The van der Waals surface area contributed by atoms with Gasteiger partial charge in [0.05, 0.1) is 47.5 Å². The Labute approximate surface area is 161 Å². The molecule has 14 heteroatoms. The summed E-state index contributed by atoms with van der Waals surface area (Å²) in [6, 6.07) is -1.56. The minimum absolute atomic E-state index is 0.00189. The van der Waals surface area contributed by atoms with E-state index in [1.54, 1.807) is 0 Å². The molecular weight excluding hydrogens is 405 g/mol. The molecule has 0 radical (unpaired) electrons. The fourth-order valence-electron chi connectivity index (χ4n) is 2.34. The average molecular weight is 431 g/mol. The van der Waals surface area contributed by atoms with Gasteiger partial charge in [-0.15, -0.1) is 0 Å². The van der Waals surface area contributed by atoms with Crippen LogP contribution in [0, 0.1) is 0 Å². The Hall–Kier alpha value is -0.700. The Bertz CT molecular complexity index is 503. The number of phosphoric acid groups is 1. The lowest BCUT2D eigenvalue weighted by atomic mass is 9.97. The van der Waals surface area contributed by atoms with Gasteiger partial charge in [-0.05, 0) is 0 Å². The largest absolute Gasteiger partial charge is 0.790 e. The zero-order valence-electron chi connectivity index (χ0n) is 15.3. The van der Waals surface area contributed by atoms with Crippen LogP contribution in [0.3, 0.4) is 0 Å². The number of rotatable bonds is 13. The number of hydrogen-bond acceptors (Lipinski definition) is 12. The van der Waals surface area contributed by atoms with Crippen molar-refractivity contribution in [2.45, 2.75) is 37.1 Å². The van der Waals surface area contributed by atoms with E-state index in [2.05, 4.69) is 9.84 Å². The van der Waals surface area contributed by atoms with Crippen LogP contribution in [0.1, 0.15) is 6.42 Å². The number of nitrogens with one attached hydrogen (secondary N) is 1. The van der Waals surface area contributed by atoms with Crippen molar-refractivity contribution in [1.29, 1.82) is 0 Å². The summed E-state index contributed by atoms with van der Waals surface area (Å²) in [5, 5.41) is 31.3. The molecule has 1 heterocycles. The third-order valence-electron chi connectivity index (χ3n) is 3.72. The molecule has 1 aliphatic rings. The van der Waals surface area contributed by atoms with Crippen molar-refractivity contribution < 1.29 is 57.9 Å². The molecular formula is C14H26NO12P-2. The van der Waals surface area contributed by atoms with Crippen LogP contribution in [0.15, 0.2) is 0 Å². The van der Waals surface area contributed by atoms with Gasteiger partial charge in [-0.25, -0.2) is 0 Å². The summed E-state index contributed by atoms with van der Waals surface area (Å²) in [5.41, 5.74) is 0. The first-order chi connectivity index (χ1) is 13.2. The molecule has 0 aromatic carbocycles. The first-order valence-corrected chi connectivity index (χ1v) is 9.92. The fourth-order valence-corrected chi connectivity index (χ4v) is 2.78. The molecule has 0 aromatic heterocycles. The Morgan fingerprint density at radius 2 is 1.71 bits per heavy atom. The smallest absolute Gasteiger partial charge is 0.222 e. The standard InChI is InChI=1S/C14H28NO12P/c1-23-4-5-25-7-6-24-3-2-10(17)15-11-13(19)12(18)9(8-16)26-14(11)27-28(20,21)22/h9,11-14,16,18-19H,2-8H2,1H3,(H,15,17)(H2,20,21,22)/p-2/t9?,11-,12+,13?,14+/m1/s1. The van der Waals surface area contributed by atoms with Crippen LogP contribution < -0.4 is 15.1 Å². The van der Waals surface area contributed by atoms with Crippen molar-refractivity contribution in [3.63, 3.8) is 0 Å². The summed E-state index contributed by atoms with van der Waals surface area (Å²) in [6.45, 7) is 0.596. The summed E-state index contributed by atoms with van der Waals surface area (Å²) in [4.78, 5) is 33.7. The molecule has 1 amide bonds. The van der Waals surface area contributed by atoms with Crippen molar-refractivity contribution in [2.24, 2.45) is 0 Å². The number of carbonyl (C=O) groups excluding carboxylic acids is 1. The van der Waals surface area contributed by atoms with E-state index in [0.29, 0.717) is 19.8 Å². The van der Waals surface area contributed by atoms with E-state index < -0.39 is 51.0 Å². The zero-order valence-corrected chi connectivity index (χ0v) is 16.2. The summed E-state index contributed by atoms with van der Waals surface area (Å²) < 4.78 is 35.2. The topological polar surface area (TPSA) is 199 Å². The summed E-state index contributed by atoms with van der Waals surface area (Å²) in [5.74, 6) is -0.678. The SMILES string of the molecule is COCCOCCOCCC(=O)N[C@@H]1C(O)[C@@H](O)C(CO)O[C@H]1OP(=O)([O-])[O-]. The highest BCUT2D eigenvalue weighted by Gasteiger charge is 2.45. The van der Waals surface area contributed by atoms with Crippen molar-refractivity contribution in [1.82, 2.24) is 5.32 Å². The van der Waals surface area contributed by atoms with E-state index in [-0.39, 0.29) is 19.6 Å². The van der Waals surface area contributed by atoms with Crippen LogP contribution in [0.5, 0.6) is 0 Å². The first-order valence-electron chi connectivity index (χ1n) is 8.46. The Balaban J connectivity index is 2.48. The second-order valence-electron chi connectivity index (χ2n) is 5.82. The predicted molar refractivity (Wildman–Crippen MR) is 86.5 cm³/mol. The predicted octanol–water partition coefficient (Wildman–Crippen LogP) is -4.17. The number of aliphatic hydroxyl groups is 3. The third-order valence-corrected chi connectivity index (χ3v) is 4.18. The number of phosphoric ester groups is 1. The molecule has 0 aromatic rings. The Morgan fingerprint density at radius 1 is 1.11 bits per heavy atom. The van der Waals surface area contributed by atoms with E-state index in [4.69, 9.17) is 24.1 Å². The van der Waals surface area contributed by atoms with Crippen molar-refractivity contribution >= 4 is 13.7 Å². The highest BCUT2D eigenvalue weighted by atomic mass is 31.2. The van der Waals surface area contributed by atoms with Gasteiger partial charge in [-0.3, -0.25) is 4.79 Å². The highest BCUT2D eigenvalue weighted by Crippen LogP contribution is 2.33. The fraction of sp³-hybridized carbons (Fsp3) is 0.929. The number of ether oxygens (including phenoxy) is 4. The minimum atomic E-state index is -5.54. The Morgan fingerprint density at radius 3 is 2.29 bits per heavy atom. The molecule has 166 valence electrons. The van der Waals surface area contributed by atoms with E-state index in [1.165, 1.54) is 7.11 Å². The zero-order chi connectivity index (χ0) is 21.2. The molecule has 5 atom stereocenters. The highest BCUT2D eigenvalue weighted by molar-refractivity contribution is 7.43. The number of aliphatic hydroxyl groups excluding tert-OH is 3. The maximum atomic E-state index is 12.0. The van der Waals surface area contributed by atoms with Gasteiger partial charge < -0.3 is 58.5 Å². The van der Waals surface area contributed by atoms with E-state index in [9.17, 15) is 29.4 Å². The van der Waals surface area contributed by atoms with Crippen molar-refractivity contribution in [3.8, 4) is 0 Å². The van der Waals surface area contributed by atoms with Gasteiger partial charge >= 0.3 is 0 Å². The van der Waals surface area contributed by atoms with Gasteiger partial charge in [-0.1, -0.05) is 0 Å². The minimum Gasteiger partial charge on any atom is -0.790 e. The van der Waals surface area contributed by atoms with Crippen LogP contribution in [0.2, 0.25) is 0 Å². The normalized spacial score (nSPS) is 28.3. The van der Waals surface area contributed by atoms with Crippen LogP contribution in [-0.2, 0) is 32.8 Å². The second kappa shape index (κ2) is 12.8. The number of hydrogen-bond donors (Lipinski definition) is 4. The maximum absolute atomic E-state index is 12.0. The molecule has 2 unspecified atom stereocenters. The molecule has 1 saturated heterocycles. The van der Waals surface area contributed by atoms with Gasteiger partial charge in [0.1, 0.15) is 24.4 Å². The van der Waals surface area contributed by atoms with Gasteiger partial charge in [0.25, 0.3) is 0 Å². The number of carbonyl (C=O) groups is 1. The monoisotopic (exact) mass is 431 g/mol. The van der Waals surface area contributed by atoms with E-state index >= 15 is 0 Å². The van der Waals surface area contributed by atoms with Crippen LogP contribution in [0.4, 0.5) is 0 Å². The molecule has 0 spiro atoms. The summed E-state index contributed by atoms with van der Waals surface area (Å²) in [6.07, 6.45) is -6.87. The number of methoxy groups -OCH3 is 1. The lowest BCUT2D eigenvalue weighted by Crippen LogP contribution is -2.64. The first kappa shape index (κ1) is 25.3. The van der Waals surface area contributed by atoms with E-state index in [0.717, 1.165) is 0 Å². The van der Waals surface area contributed by atoms with Crippen LogP contribution in [-0.4, -0.2) is 98.6 Å². The molecule has 0 aliphatic carbocycles. The number of amides is 1. The van der Waals surface area contributed by atoms with Gasteiger partial charge in [-0.2, -0.15) is 0 Å². The Kier molecular flexibility index (Phi) is 11.6. The van der Waals surface area contributed by atoms with E-state index in [1.807, 2.05) is 0 Å². The molecule has 0 bridgehead atoms. The molecule has 1 rings (SSSR count). The average Bonchev–Trinajstić information content (AvgIpc) is 2.62. The molecule has 0 saturated carbocycles.